The SMILES string of the molecule is CN=C(NCc1ccc(S(=O)(=O)N2CCCC(C)C2)cc1)NC(C)C. The fourth-order valence-corrected chi connectivity index (χ4v) is 4.55. The number of guanidine groups is 1. The Labute approximate surface area is 151 Å². The van der Waals surface area contributed by atoms with Crippen LogP contribution in [0.4, 0.5) is 0 Å². The van der Waals surface area contributed by atoms with E-state index in [4.69, 9.17) is 0 Å². The second kappa shape index (κ2) is 8.67. The highest BCUT2D eigenvalue weighted by atomic mass is 32.2. The quantitative estimate of drug-likeness (QED) is 0.619. The fraction of sp³-hybridized carbons (Fsp3) is 0.611. The van der Waals surface area contributed by atoms with Crippen molar-refractivity contribution in [2.75, 3.05) is 20.1 Å². The lowest BCUT2D eigenvalue weighted by Gasteiger charge is -2.30. The second-order valence-electron chi connectivity index (χ2n) is 6.98. The molecule has 1 atom stereocenters. The molecule has 2 rings (SSSR count). The monoisotopic (exact) mass is 366 g/mol. The van der Waals surface area contributed by atoms with Crippen LogP contribution in [0, 0.1) is 5.92 Å². The molecular weight excluding hydrogens is 336 g/mol. The van der Waals surface area contributed by atoms with Gasteiger partial charge in [-0.1, -0.05) is 19.1 Å². The van der Waals surface area contributed by atoms with E-state index in [-0.39, 0.29) is 0 Å². The molecule has 0 bridgehead atoms. The van der Waals surface area contributed by atoms with Gasteiger partial charge in [-0.2, -0.15) is 4.31 Å². The Hall–Kier alpha value is -1.60. The number of piperidine rings is 1. The molecule has 0 aliphatic carbocycles. The van der Waals surface area contributed by atoms with E-state index in [9.17, 15) is 8.42 Å². The second-order valence-corrected chi connectivity index (χ2v) is 8.92. The molecule has 0 radical (unpaired) electrons. The molecule has 1 fully saturated rings. The summed E-state index contributed by atoms with van der Waals surface area (Å²) in [6, 6.07) is 7.41. The fourth-order valence-electron chi connectivity index (χ4n) is 2.95. The number of nitrogens with one attached hydrogen (secondary N) is 2. The van der Waals surface area contributed by atoms with E-state index in [0.717, 1.165) is 24.4 Å². The molecule has 25 heavy (non-hydrogen) atoms. The highest BCUT2D eigenvalue weighted by Crippen LogP contribution is 2.23. The Kier molecular flexibility index (Phi) is 6.84. The summed E-state index contributed by atoms with van der Waals surface area (Å²) in [4.78, 5) is 4.53. The Morgan fingerprint density at radius 3 is 2.56 bits per heavy atom. The molecular formula is C18H30N4O2S. The molecule has 2 N–H and O–H groups in total. The zero-order valence-electron chi connectivity index (χ0n) is 15.6. The Bertz CT molecular complexity index is 684. The molecule has 1 saturated heterocycles. The van der Waals surface area contributed by atoms with E-state index < -0.39 is 10.0 Å². The largest absolute Gasteiger partial charge is 0.354 e. The van der Waals surface area contributed by atoms with Gasteiger partial charge in [-0.25, -0.2) is 8.42 Å². The number of sulfonamides is 1. The van der Waals surface area contributed by atoms with Crippen molar-refractivity contribution in [1.82, 2.24) is 14.9 Å². The van der Waals surface area contributed by atoms with Crippen LogP contribution in [0.5, 0.6) is 0 Å². The van der Waals surface area contributed by atoms with Crippen molar-refractivity contribution in [3.63, 3.8) is 0 Å². The van der Waals surface area contributed by atoms with Crippen molar-refractivity contribution in [3.8, 4) is 0 Å². The van der Waals surface area contributed by atoms with Crippen LogP contribution in [-0.2, 0) is 16.6 Å². The highest BCUT2D eigenvalue weighted by molar-refractivity contribution is 7.89. The number of rotatable bonds is 5. The first-order valence-electron chi connectivity index (χ1n) is 8.89. The normalized spacial score (nSPS) is 19.9. The van der Waals surface area contributed by atoms with Gasteiger partial charge in [0.1, 0.15) is 0 Å². The van der Waals surface area contributed by atoms with Crippen molar-refractivity contribution in [3.05, 3.63) is 29.8 Å². The third-order valence-electron chi connectivity index (χ3n) is 4.29. The molecule has 1 heterocycles. The van der Waals surface area contributed by atoms with Crippen LogP contribution in [0.2, 0.25) is 0 Å². The van der Waals surface area contributed by atoms with Crippen LogP contribution in [0.3, 0.4) is 0 Å². The summed E-state index contributed by atoms with van der Waals surface area (Å²) in [6.45, 7) is 8.03. The van der Waals surface area contributed by atoms with Crippen LogP contribution in [0.25, 0.3) is 0 Å². The van der Waals surface area contributed by atoms with E-state index in [1.807, 2.05) is 26.0 Å². The van der Waals surface area contributed by atoms with Crippen LogP contribution < -0.4 is 10.6 Å². The summed E-state index contributed by atoms with van der Waals surface area (Å²) in [5.41, 5.74) is 1.01. The van der Waals surface area contributed by atoms with Gasteiger partial charge in [0, 0.05) is 32.7 Å². The van der Waals surface area contributed by atoms with Crippen molar-refractivity contribution < 1.29 is 8.42 Å². The topological polar surface area (TPSA) is 73.8 Å². The number of nitrogens with zero attached hydrogens (tertiary/aromatic N) is 2. The predicted octanol–water partition coefficient (Wildman–Crippen LogP) is 2.18. The Morgan fingerprint density at radius 1 is 1.32 bits per heavy atom. The number of benzene rings is 1. The van der Waals surface area contributed by atoms with Gasteiger partial charge in [0.25, 0.3) is 0 Å². The summed E-state index contributed by atoms with van der Waals surface area (Å²) < 4.78 is 27.1. The first-order chi connectivity index (χ1) is 11.8. The summed E-state index contributed by atoms with van der Waals surface area (Å²) in [6.07, 6.45) is 2.03. The van der Waals surface area contributed by atoms with Crippen LogP contribution in [0.15, 0.2) is 34.2 Å². The van der Waals surface area contributed by atoms with Crippen LogP contribution in [-0.4, -0.2) is 44.9 Å². The summed E-state index contributed by atoms with van der Waals surface area (Å²) in [7, 11) is -1.66. The maximum Gasteiger partial charge on any atom is 0.243 e. The first-order valence-corrected chi connectivity index (χ1v) is 10.3. The molecule has 140 valence electrons. The van der Waals surface area contributed by atoms with Crippen LogP contribution >= 0.6 is 0 Å². The molecule has 1 aliphatic heterocycles. The number of hydrogen-bond donors (Lipinski definition) is 2. The number of hydrogen-bond acceptors (Lipinski definition) is 3. The standard InChI is InChI=1S/C18H30N4O2S/c1-14(2)21-18(19-4)20-12-16-7-9-17(10-8-16)25(23,24)22-11-5-6-15(3)13-22/h7-10,14-15H,5-6,11-13H2,1-4H3,(H2,19,20,21). The maximum absolute atomic E-state index is 12.8. The van der Waals surface area contributed by atoms with E-state index in [1.54, 1.807) is 23.5 Å². The molecule has 0 aromatic heterocycles. The van der Waals surface area contributed by atoms with Crippen molar-refractivity contribution >= 4 is 16.0 Å². The lowest BCUT2D eigenvalue weighted by atomic mass is 10.0. The summed E-state index contributed by atoms with van der Waals surface area (Å²) >= 11 is 0. The molecule has 7 heteroatoms. The molecule has 1 unspecified atom stereocenters. The molecule has 1 aromatic carbocycles. The molecule has 0 spiro atoms. The van der Waals surface area contributed by atoms with Gasteiger partial charge in [-0.15, -0.1) is 0 Å². The van der Waals surface area contributed by atoms with E-state index in [0.29, 0.717) is 36.5 Å². The smallest absolute Gasteiger partial charge is 0.243 e. The van der Waals surface area contributed by atoms with Crippen molar-refractivity contribution in [2.45, 2.75) is 51.1 Å². The van der Waals surface area contributed by atoms with E-state index in [2.05, 4.69) is 22.5 Å². The van der Waals surface area contributed by atoms with E-state index >= 15 is 0 Å². The van der Waals surface area contributed by atoms with E-state index in [1.165, 1.54) is 0 Å². The van der Waals surface area contributed by atoms with Gasteiger partial charge in [-0.3, -0.25) is 4.99 Å². The lowest BCUT2D eigenvalue weighted by molar-refractivity contribution is 0.281. The van der Waals surface area contributed by atoms with Crippen LogP contribution in [0.1, 0.15) is 39.2 Å². The third-order valence-corrected chi connectivity index (χ3v) is 6.17. The average molecular weight is 367 g/mol. The zero-order chi connectivity index (χ0) is 18.4. The van der Waals surface area contributed by atoms with Gasteiger partial charge < -0.3 is 10.6 Å². The molecule has 1 aromatic rings. The molecule has 0 amide bonds. The first kappa shape index (κ1) is 19.7. The number of aliphatic imine (C=N–C) groups is 1. The van der Waals surface area contributed by atoms with Crippen molar-refractivity contribution in [1.29, 1.82) is 0 Å². The third kappa shape index (κ3) is 5.44. The maximum atomic E-state index is 12.8. The molecule has 6 nitrogen and oxygen atoms in total. The lowest BCUT2D eigenvalue weighted by Crippen LogP contribution is -2.40. The minimum Gasteiger partial charge on any atom is -0.354 e. The Balaban J connectivity index is 2.01. The highest BCUT2D eigenvalue weighted by Gasteiger charge is 2.28. The van der Waals surface area contributed by atoms with Gasteiger partial charge >= 0.3 is 0 Å². The predicted molar refractivity (Wildman–Crippen MR) is 102 cm³/mol. The zero-order valence-corrected chi connectivity index (χ0v) is 16.4. The van der Waals surface area contributed by atoms with Gasteiger partial charge in [0.15, 0.2) is 5.96 Å². The molecule has 1 aliphatic rings. The van der Waals surface area contributed by atoms with Gasteiger partial charge in [0.2, 0.25) is 10.0 Å². The Morgan fingerprint density at radius 2 is 2.00 bits per heavy atom. The minimum atomic E-state index is -3.39. The van der Waals surface area contributed by atoms with Gasteiger partial charge in [-0.05, 0) is 50.3 Å². The summed E-state index contributed by atoms with van der Waals surface area (Å²) in [5.74, 6) is 1.15. The average Bonchev–Trinajstić information content (AvgIpc) is 2.58. The summed E-state index contributed by atoms with van der Waals surface area (Å²) in [5, 5.41) is 6.44. The molecule has 0 saturated carbocycles. The van der Waals surface area contributed by atoms with Crippen molar-refractivity contribution in [2.24, 2.45) is 10.9 Å². The van der Waals surface area contributed by atoms with Gasteiger partial charge in [0.05, 0.1) is 4.90 Å². The minimum absolute atomic E-state index is 0.297.